The van der Waals surface area contributed by atoms with Crippen LogP contribution in [-0.4, -0.2) is 23.2 Å². The molecule has 0 saturated heterocycles. The lowest BCUT2D eigenvalue weighted by Crippen LogP contribution is -2.04. The molecule has 0 bridgehead atoms. The summed E-state index contributed by atoms with van der Waals surface area (Å²) in [6.07, 6.45) is 1.22. The molecule has 0 spiro atoms. The van der Waals surface area contributed by atoms with E-state index >= 15 is 0 Å². The Hall–Kier alpha value is -1.29. The smallest absolute Gasteiger partial charge is 0.309 e. The van der Waals surface area contributed by atoms with Gasteiger partial charge in [-0.05, 0) is 0 Å². The number of halogens is 1. The number of hydrogen-bond donors (Lipinski definition) is 1. The van der Waals surface area contributed by atoms with Crippen molar-refractivity contribution in [3.05, 3.63) is 23.0 Å². The first-order valence-corrected chi connectivity index (χ1v) is 3.91. The van der Waals surface area contributed by atoms with E-state index in [0.717, 1.165) is 0 Å². The fourth-order valence-electron chi connectivity index (χ4n) is 0.902. The monoisotopic (exact) mass is 201 g/mol. The summed E-state index contributed by atoms with van der Waals surface area (Å²) < 4.78 is 4.92. The first kappa shape index (κ1) is 9.80. The molecule has 0 fully saturated rings. The van der Waals surface area contributed by atoms with Crippen LogP contribution in [0.15, 0.2) is 12.3 Å². The molecule has 13 heavy (non-hydrogen) atoms. The van der Waals surface area contributed by atoms with Crippen molar-refractivity contribution >= 4 is 17.6 Å². The molecule has 0 aliphatic rings. The molecule has 1 rings (SSSR count). The van der Waals surface area contributed by atoms with E-state index in [1.54, 1.807) is 0 Å². The van der Waals surface area contributed by atoms with Gasteiger partial charge in [-0.2, -0.15) is 0 Å². The van der Waals surface area contributed by atoms with Crippen LogP contribution in [0.2, 0.25) is 5.02 Å². The van der Waals surface area contributed by atoms with E-state index in [0.29, 0.717) is 16.5 Å². The number of carboxylic acid groups (broad SMARTS) is 1. The van der Waals surface area contributed by atoms with E-state index in [-0.39, 0.29) is 6.42 Å². The van der Waals surface area contributed by atoms with Gasteiger partial charge in [0.15, 0.2) is 0 Å². The number of ether oxygens (including phenoxy) is 1. The minimum absolute atomic E-state index is 0.166. The number of carbonyl (C=O) groups is 1. The van der Waals surface area contributed by atoms with E-state index in [4.69, 9.17) is 21.4 Å². The van der Waals surface area contributed by atoms with Crippen LogP contribution >= 0.6 is 11.6 Å². The largest absolute Gasteiger partial charge is 0.495 e. The Kier molecular flexibility index (Phi) is 3.08. The van der Waals surface area contributed by atoms with Gasteiger partial charge in [0.25, 0.3) is 0 Å². The van der Waals surface area contributed by atoms with E-state index in [2.05, 4.69) is 4.98 Å². The highest BCUT2D eigenvalue weighted by atomic mass is 35.5. The molecular formula is C8H8ClNO3. The van der Waals surface area contributed by atoms with Crippen LogP contribution in [0, 0.1) is 0 Å². The van der Waals surface area contributed by atoms with Gasteiger partial charge in [0.1, 0.15) is 5.75 Å². The molecule has 4 nitrogen and oxygen atoms in total. The second kappa shape index (κ2) is 4.09. The molecule has 0 aromatic carbocycles. The number of hydrogen-bond acceptors (Lipinski definition) is 3. The van der Waals surface area contributed by atoms with Crippen LogP contribution in [0.3, 0.4) is 0 Å². The summed E-state index contributed by atoms with van der Waals surface area (Å²) in [5.41, 5.74) is 0.374. The Morgan fingerprint density at radius 2 is 2.46 bits per heavy atom. The third-order valence-electron chi connectivity index (χ3n) is 1.44. The highest BCUT2D eigenvalue weighted by Gasteiger charge is 2.09. The summed E-state index contributed by atoms with van der Waals surface area (Å²) in [4.78, 5) is 14.2. The predicted octanol–water partition coefficient (Wildman–Crippen LogP) is 1.37. The summed E-state index contributed by atoms with van der Waals surface area (Å²) in [5, 5.41) is 8.95. The molecule has 70 valence electrons. The number of aliphatic carboxylic acids is 1. The van der Waals surface area contributed by atoms with Crippen molar-refractivity contribution in [2.45, 2.75) is 6.42 Å². The van der Waals surface area contributed by atoms with E-state index < -0.39 is 5.97 Å². The van der Waals surface area contributed by atoms with Gasteiger partial charge in [-0.1, -0.05) is 11.6 Å². The van der Waals surface area contributed by atoms with Crippen LogP contribution < -0.4 is 4.74 Å². The van der Waals surface area contributed by atoms with Crippen LogP contribution in [0.5, 0.6) is 5.75 Å². The van der Waals surface area contributed by atoms with Crippen molar-refractivity contribution in [1.29, 1.82) is 0 Å². The molecule has 0 atom stereocenters. The zero-order chi connectivity index (χ0) is 9.84. The molecule has 0 amide bonds. The summed E-state index contributed by atoms with van der Waals surface area (Å²) in [7, 11) is 1.44. The fourth-order valence-corrected chi connectivity index (χ4v) is 1.05. The molecular weight excluding hydrogens is 194 g/mol. The average molecular weight is 202 g/mol. The Bertz CT molecular complexity index is 327. The summed E-state index contributed by atoms with van der Waals surface area (Å²) in [6, 6.07) is 1.53. The summed E-state index contributed by atoms with van der Waals surface area (Å²) >= 11 is 5.64. The highest BCUT2D eigenvalue weighted by molar-refractivity contribution is 6.30. The number of aromatic nitrogens is 1. The van der Waals surface area contributed by atoms with Gasteiger partial charge in [0.05, 0.1) is 24.2 Å². The Balaban J connectivity index is 2.99. The minimum Gasteiger partial charge on any atom is -0.495 e. The van der Waals surface area contributed by atoms with E-state index in [9.17, 15) is 4.79 Å². The number of nitrogens with zero attached hydrogens (tertiary/aromatic N) is 1. The molecule has 0 aliphatic heterocycles. The zero-order valence-electron chi connectivity index (χ0n) is 6.95. The Morgan fingerprint density at radius 1 is 1.77 bits per heavy atom. The maximum atomic E-state index is 10.4. The van der Waals surface area contributed by atoms with Crippen LogP contribution in [0.1, 0.15) is 5.69 Å². The molecule has 1 heterocycles. The van der Waals surface area contributed by atoms with Gasteiger partial charge < -0.3 is 9.84 Å². The number of rotatable bonds is 3. The number of carboxylic acids is 1. The fraction of sp³-hybridized carbons (Fsp3) is 0.250. The zero-order valence-corrected chi connectivity index (χ0v) is 7.71. The molecule has 1 aromatic rings. The van der Waals surface area contributed by atoms with Crippen LogP contribution in [0.4, 0.5) is 0 Å². The predicted molar refractivity (Wildman–Crippen MR) is 47.1 cm³/mol. The normalized spacial score (nSPS) is 9.69. The molecule has 0 saturated carbocycles. The highest BCUT2D eigenvalue weighted by Crippen LogP contribution is 2.20. The summed E-state index contributed by atoms with van der Waals surface area (Å²) in [6.45, 7) is 0. The number of pyridine rings is 1. The van der Waals surface area contributed by atoms with Gasteiger partial charge in [-0.25, -0.2) is 0 Å². The second-order valence-corrected chi connectivity index (χ2v) is 2.81. The van der Waals surface area contributed by atoms with Gasteiger partial charge in [0.2, 0.25) is 0 Å². The van der Waals surface area contributed by atoms with Crippen molar-refractivity contribution in [1.82, 2.24) is 4.98 Å². The van der Waals surface area contributed by atoms with Crippen molar-refractivity contribution < 1.29 is 14.6 Å². The van der Waals surface area contributed by atoms with Crippen molar-refractivity contribution in [2.24, 2.45) is 0 Å². The van der Waals surface area contributed by atoms with Crippen molar-refractivity contribution in [3.63, 3.8) is 0 Å². The molecule has 0 aliphatic carbocycles. The van der Waals surface area contributed by atoms with Crippen LogP contribution in [-0.2, 0) is 11.2 Å². The third-order valence-corrected chi connectivity index (χ3v) is 1.64. The van der Waals surface area contributed by atoms with Gasteiger partial charge in [0, 0.05) is 12.3 Å². The quantitative estimate of drug-likeness (QED) is 0.803. The lowest BCUT2D eigenvalue weighted by molar-refractivity contribution is -0.136. The van der Waals surface area contributed by atoms with Crippen molar-refractivity contribution in [3.8, 4) is 5.75 Å². The standard InChI is InChI=1S/C8H8ClNO3/c1-13-7-2-5(9)4-10-6(7)3-8(11)12/h2,4H,3H2,1H3,(H,11,12). The third kappa shape index (κ3) is 2.59. The SMILES string of the molecule is COc1cc(Cl)cnc1CC(=O)O. The van der Waals surface area contributed by atoms with E-state index in [1.807, 2.05) is 0 Å². The van der Waals surface area contributed by atoms with Gasteiger partial charge in [-0.15, -0.1) is 0 Å². The molecule has 1 aromatic heterocycles. The Morgan fingerprint density at radius 3 is 3.00 bits per heavy atom. The minimum atomic E-state index is -0.951. The molecule has 0 unspecified atom stereocenters. The average Bonchev–Trinajstić information content (AvgIpc) is 2.07. The maximum Gasteiger partial charge on any atom is 0.309 e. The van der Waals surface area contributed by atoms with E-state index in [1.165, 1.54) is 19.4 Å². The van der Waals surface area contributed by atoms with Gasteiger partial charge in [-0.3, -0.25) is 9.78 Å². The van der Waals surface area contributed by atoms with Crippen LogP contribution in [0.25, 0.3) is 0 Å². The topological polar surface area (TPSA) is 59.4 Å². The molecule has 5 heteroatoms. The second-order valence-electron chi connectivity index (χ2n) is 2.37. The van der Waals surface area contributed by atoms with Gasteiger partial charge >= 0.3 is 5.97 Å². The molecule has 1 N–H and O–H groups in total. The number of methoxy groups -OCH3 is 1. The first-order valence-electron chi connectivity index (χ1n) is 3.53. The molecule has 0 radical (unpaired) electrons. The lowest BCUT2D eigenvalue weighted by atomic mass is 10.2. The van der Waals surface area contributed by atoms with Crippen molar-refractivity contribution in [2.75, 3.05) is 7.11 Å². The summed E-state index contributed by atoms with van der Waals surface area (Å²) in [5.74, 6) is -0.553. The first-order chi connectivity index (χ1) is 6.13. The maximum absolute atomic E-state index is 10.4. The lowest BCUT2D eigenvalue weighted by Gasteiger charge is -2.04. The Labute approximate surface area is 80.1 Å².